The van der Waals surface area contributed by atoms with Gasteiger partial charge in [0.2, 0.25) is 5.91 Å². The van der Waals surface area contributed by atoms with E-state index in [-0.39, 0.29) is 18.3 Å². The van der Waals surface area contributed by atoms with Gasteiger partial charge in [-0.05, 0) is 69.8 Å². The van der Waals surface area contributed by atoms with Gasteiger partial charge in [-0.1, -0.05) is 12.1 Å². The fourth-order valence-electron chi connectivity index (χ4n) is 2.93. The lowest BCUT2D eigenvalue weighted by molar-refractivity contribution is -0.118. The summed E-state index contributed by atoms with van der Waals surface area (Å²) in [5, 5.41) is 3.37. The van der Waals surface area contributed by atoms with Crippen LogP contribution in [0.15, 0.2) is 24.3 Å². The van der Waals surface area contributed by atoms with Gasteiger partial charge in [-0.3, -0.25) is 4.79 Å². The maximum Gasteiger partial charge on any atom is 0.226 e. The number of nitrogens with one attached hydrogen (secondary N) is 1. The van der Waals surface area contributed by atoms with Gasteiger partial charge in [0.05, 0.1) is 0 Å². The van der Waals surface area contributed by atoms with E-state index in [0.717, 1.165) is 37.7 Å². The molecule has 0 atom stereocenters. The van der Waals surface area contributed by atoms with Crippen molar-refractivity contribution in [2.24, 2.45) is 5.92 Å². The van der Waals surface area contributed by atoms with E-state index in [1.165, 1.54) is 18.4 Å². The second-order valence-electron chi connectivity index (χ2n) is 5.71. The Morgan fingerprint density at radius 2 is 2.05 bits per heavy atom. The lowest BCUT2D eigenvalue weighted by atomic mass is 9.93. The van der Waals surface area contributed by atoms with E-state index < -0.39 is 0 Å². The predicted molar refractivity (Wildman–Crippen MR) is 91.3 cm³/mol. The number of halogens is 1. The zero-order chi connectivity index (χ0) is 14.4. The molecule has 0 spiro atoms. The van der Waals surface area contributed by atoms with Gasteiger partial charge in [-0.15, -0.1) is 12.4 Å². The van der Waals surface area contributed by atoms with E-state index in [1.807, 2.05) is 24.0 Å². The molecular formula is C17H27ClN2O. The summed E-state index contributed by atoms with van der Waals surface area (Å²) in [6.45, 7) is 7.07. The van der Waals surface area contributed by atoms with Gasteiger partial charge in [0.25, 0.3) is 0 Å². The van der Waals surface area contributed by atoms with Crippen LogP contribution in [0.4, 0.5) is 5.69 Å². The van der Waals surface area contributed by atoms with Crippen LogP contribution in [0.2, 0.25) is 0 Å². The van der Waals surface area contributed by atoms with Crippen molar-refractivity contribution in [3.8, 4) is 0 Å². The summed E-state index contributed by atoms with van der Waals surface area (Å²) in [4.78, 5) is 14.3. The second kappa shape index (κ2) is 9.06. The van der Waals surface area contributed by atoms with Gasteiger partial charge in [0.1, 0.15) is 0 Å². The molecule has 0 bridgehead atoms. The molecule has 1 fully saturated rings. The Morgan fingerprint density at radius 3 is 2.67 bits per heavy atom. The number of carbonyl (C=O) groups is 1. The summed E-state index contributed by atoms with van der Waals surface area (Å²) in [5.41, 5.74) is 2.23. The monoisotopic (exact) mass is 310 g/mol. The van der Waals surface area contributed by atoms with Gasteiger partial charge < -0.3 is 10.2 Å². The highest BCUT2D eigenvalue weighted by Gasteiger charge is 2.18. The van der Waals surface area contributed by atoms with Crippen molar-refractivity contribution in [3.63, 3.8) is 0 Å². The van der Waals surface area contributed by atoms with Crippen LogP contribution in [-0.2, 0) is 4.79 Å². The molecule has 1 heterocycles. The number of hydrogen-bond donors (Lipinski definition) is 1. The molecule has 1 aromatic rings. The summed E-state index contributed by atoms with van der Waals surface area (Å²) in [5.74, 6) is 0.980. The second-order valence-corrected chi connectivity index (χ2v) is 5.71. The van der Waals surface area contributed by atoms with E-state index >= 15 is 0 Å². The van der Waals surface area contributed by atoms with Gasteiger partial charge in [0.15, 0.2) is 0 Å². The number of rotatable bonds is 5. The molecule has 3 nitrogen and oxygen atoms in total. The smallest absolute Gasteiger partial charge is 0.226 e. The molecule has 0 unspecified atom stereocenters. The molecule has 1 aliphatic rings. The summed E-state index contributed by atoms with van der Waals surface area (Å²) >= 11 is 0. The quantitative estimate of drug-likeness (QED) is 0.902. The Hall–Kier alpha value is -1.06. The van der Waals surface area contributed by atoms with Crippen LogP contribution < -0.4 is 10.2 Å². The van der Waals surface area contributed by atoms with Crippen LogP contribution >= 0.6 is 12.4 Å². The summed E-state index contributed by atoms with van der Waals surface area (Å²) < 4.78 is 0. The van der Waals surface area contributed by atoms with Crippen molar-refractivity contribution < 1.29 is 4.79 Å². The van der Waals surface area contributed by atoms with Crippen molar-refractivity contribution in [2.45, 2.75) is 39.5 Å². The van der Waals surface area contributed by atoms with E-state index in [1.54, 1.807) is 0 Å². The average Bonchev–Trinajstić information content (AvgIpc) is 2.47. The number of anilines is 1. The number of piperidine rings is 1. The Bertz CT molecular complexity index is 444. The summed E-state index contributed by atoms with van der Waals surface area (Å²) in [7, 11) is 0. The minimum absolute atomic E-state index is 0. The first-order valence-electron chi connectivity index (χ1n) is 7.78. The van der Waals surface area contributed by atoms with Crippen LogP contribution in [0.25, 0.3) is 0 Å². The molecule has 1 aromatic carbocycles. The van der Waals surface area contributed by atoms with Crippen LogP contribution in [0.1, 0.15) is 38.2 Å². The van der Waals surface area contributed by atoms with E-state index in [4.69, 9.17) is 0 Å². The fraction of sp³-hybridized carbons (Fsp3) is 0.588. The largest absolute Gasteiger partial charge is 0.317 e. The maximum atomic E-state index is 12.4. The Balaban J connectivity index is 0.00000220. The third kappa shape index (κ3) is 5.33. The molecule has 1 N–H and O–H groups in total. The molecule has 2 rings (SSSR count). The number of nitrogens with zero attached hydrogens (tertiary/aromatic N) is 1. The Kier molecular flexibility index (Phi) is 7.76. The highest BCUT2D eigenvalue weighted by atomic mass is 35.5. The third-order valence-corrected chi connectivity index (χ3v) is 4.16. The molecule has 0 aliphatic carbocycles. The normalized spacial score (nSPS) is 15.3. The van der Waals surface area contributed by atoms with Gasteiger partial charge >= 0.3 is 0 Å². The first-order chi connectivity index (χ1) is 9.70. The zero-order valence-electron chi connectivity index (χ0n) is 13.1. The first kappa shape index (κ1) is 18.0. The number of amides is 1. The number of hydrogen-bond acceptors (Lipinski definition) is 2. The molecular weight excluding hydrogens is 284 g/mol. The number of carbonyl (C=O) groups excluding carboxylic acids is 1. The first-order valence-corrected chi connectivity index (χ1v) is 7.78. The van der Waals surface area contributed by atoms with Gasteiger partial charge in [-0.25, -0.2) is 0 Å². The van der Waals surface area contributed by atoms with Crippen molar-refractivity contribution in [2.75, 3.05) is 24.5 Å². The number of benzene rings is 1. The molecule has 4 heteroatoms. The highest BCUT2D eigenvalue weighted by Crippen LogP contribution is 2.21. The van der Waals surface area contributed by atoms with Crippen molar-refractivity contribution >= 4 is 24.0 Å². The molecule has 0 radical (unpaired) electrons. The molecule has 0 saturated carbocycles. The predicted octanol–water partition coefficient (Wildman–Crippen LogP) is 3.55. The highest BCUT2D eigenvalue weighted by molar-refractivity contribution is 5.93. The van der Waals surface area contributed by atoms with Crippen molar-refractivity contribution in [1.82, 2.24) is 5.32 Å². The van der Waals surface area contributed by atoms with Crippen LogP contribution in [-0.4, -0.2) is 25.5 Å². The maximum absolute atomic E-state index is 12.4. The average molecular weight is 311 g/mol. The van der Waals surface area contributed by atoms with E-state index in [0.29, 0.717) is 6.42 Å². The number of aryl methyl sites for hydroxylation is 1. The topological polar surface area (TPSA) is 32.3 Å². The van der Waals surface area contributed by atoms with Crippen molar-refractivity contribution in [1.29, 1.82) is 0 Å². The van der Waals surface area contributed by atoms with Gasteiger partial charge in [0, 0.05) is 18.7 Å². The fourth-order valence-corrected chi connectivity index (χ4v) is 2.93. The molecule has 1 saturated heterocycles. The van der Waals surface area contributed by atoms with Crippen LogP contribution in [0, 0.1) is 12.8 Å². The Morgan fingerprint density at radius 1 is 1.33 bits per heavy atom. The molecule has 1 aliphatic heterocycles. The molecule has 118 valence electrons. The molecule has 21 heavy (non-hydrogen) atoms. The lowest BCUT2D eigenvalue weighted by Crippen LogP contribution is -2.32. The van der Waals surface area contributed by atoms with E-state index in [2.05, 4.69) is 24.4 Å². The zero-order valence-corrected chi connectivity index (χ0v) is 13.9. The van der Waals surface area contributed by atoms with E-state index in [9.17, 15) is 4.79 Å². The lowest BCUT2D eigenvalue weighted by Gasteiger charge is -2.25. The molecule has 0 aromatic heterocycles. The van der Waals surface area contributed by atoms with Crippen LogP contribution in [0.5, 0.6) is 0 Å². The Labute approximate surface area is 134 Å². The molecule has 1 amide bonds. The van der Waals surface area contributed by atoms with Crippen molar-refractivity contribution in [3.05, 3.63) is 29.8 Å². The van der Waals surface area contributed by atoms with Crippen LogP contribution in [0.3, 0.4) is 0 Å². The minimum atomic E-state index is 0. The standard InChI is InChI=1S/C17H26N2O.ClH/c1-3-19(16-6-4-5-14(2)13-16)17(20)8-7-15-9-11-18-12-10-15;/h4-6,13,15,18H,3,7-12H2,1-2H3;1H. The summed E-state index contributed by atoms with van der Waals surface area (Å²) in [6.07, 6.45) is 4.13. The SMILES string of the molecule is CCN(C(=O)CCC1CCNCC1)c1cccc(C)c1.Cl. The van der Waals surface area contributed by atoms with Gasteiger partial charge in [-0.2, -0.15) is 0 Å². The summed E-state index contributed by atoms with van der Waals surface area (Å²) in [6, 6.07) is 8.20. The minimum Gasteiger partial charge on any atom is -0.317 e. The third-order valence-electron chi connectivity index (χ3n) is 4.16.